The van der Waals surface area contributed by atoms with E-state index in [9.17, 15) is 14.4 Å². The van der Waals surface area contributed by atoms with Gasteiger partial charge in [-0.25, -0.2) is 4.79 Å². The van der Waals surface area contributed by atoms with E-state index in [4.69, 9.17) is 9.84 Å². The lowest BCUT2D eigenvalue weighted by Crippen LogP contribution is -2.42. The summed E-state index contributed by atoms with van der Waals surface area (Å²) in [5.41, 5.74) is 4.67. The Bertz CT molecular complexity index is 1020. The van der Waals surface area contributed by atoms with E-state index >= 15 is 0 Å². The van der Waals surface area contributed by atoms with E-state index in [1.54, 1.807) is 0 Å². The van der Waals surface area contributed by atoms with Gasteiger partial charge in [0.1, 0.15) is 13.2 Å². The summed E-state index contributed by atoms with van der Waals surface area (Å²) in [7, 11) is 0. The van der Waals surface area contributed by atoms with Crippen molar-refractivity contribution in [1.82, 2.24) is 10.2 Å². The minimum Gasteiger partial charge on any atom is -0.480 e. The summed E-state index contributed by atoms with van der Waals surface area (Å²) in [6, 6.07) is 16.2. The molecule has 7 nitrogen and oxygen atoms in total. The second-order valence-electron chi connectivity index (χ2n) is 9.52. The Balaban J connectivity index is 1.32. The summed E-state index contributed by atoms with van der Waals surface area (Å²) in [6.45, 7) is 3.89. The van der Waals surface area contributed by atoms with Gasteiger partial charge in [-0.05, 0) is 60.8 Å². The van der Waals surface area contributed by atoms with Crippen molar-refractivity contribution in [3.8, 4) is 11.1 Å². The van der Waals surface area contributed by atoms with Gasteiger partial charge in [-0.3, -0.25) is 9.59 Å². The molecule has 2 aliphatic rings. The molecule has 0 spiro atoms. The van der Waals surface area contributed by atoms with Crippen molar-refractivity contribution in [2.75, 3.05) is 19.7 Å². The third-order valence-electron chi connectivity index (χ3n) is 6.83. The zero-order valence-electron chi connectivity index (χ0n) is 19.7. The molecule has 34 heavy (non-hydrogen) atoms. The fourth-order valence-corrected chi connectivity index (χ4v) is 4.88. The average molecular weight is 465 g/mol. The molecule has 2 aliphatic carbocycles. The van der Waals surface area contributed by atoms with Crippen LogP contribution in [0, 0.1) is 11.8 Å². The van der Waals surface area contributed by atoms with Crippen LogP contribution in [0.4, 0.5) is 4.79 Å². The Morgan fingerprint density at radius 2 is 1.62 bits per heavy atom. The van der Waals surface area contributed by atoms with E-state index in [0.29, 0.717) is 12.5 Å². The first-order chi connectivity index (χ1) is 16.3. The molecule has 2 aromatic rings. The predicted molar refractivity (Wildman–Crippen MR) is 128 cm³/mol. The Kier molecular flexibility index (Phi) is 7.20. The zero-order chi connectivity index (χ0) is 24.2. The maximum atomic E-state index is 12.8. The van der Waals surface area contributed by atoms with Crippen molar-refractivity contribution in [1.29, 1.82) is 0 Å². The third-order valence-corrected chi connectivity index (χ3v) is 6.83. The molecule has 1 saturated carbocycles. The highest BCUT2D eigenvalue weighted by molar-refractivity contribution is 5.82. The minimum atomic E-state index is -1.03. The molecular weight excluding hydrogens is 432 g/mol. The van der Waals surface area contributed by atoms with E-state index in [2.05, 4.69) is 29.6 Å². The second kappa shape index (κ2) is 10.3. The van der Waals surface area contributed by atoms with Gasteiger partial charge in [-0.1, -0.05) is 48.5 Å². The molecule has 0 bridgehead atoms. The van der Waals surface area contributed by atoms with Crippen molar-refractivity contribution in [2.24, 2.45) is 11.8 Å². The van der Waals surface area contributed by atoms with E-state index in [0.717, 1.165) is 24.0 Å². The summed E-state index contributed by atoms with van der Waals surface area (Å²) in [6.07, 6.45) is 1.77. The average Bonchev–Trinajstić information content (AvgIpc) is 3.61. The number of amides is 2. The van der Waals surface area contributed by atoms with Crippen LogP contribution in [0.15, 0.2) is 48.5 Å². The normalized spacial score (nSPS) is 15.4. The van der Waals surface area contributed by atoms with Gasteiger partial charge in [0.15, 0.2) is 0 Å². The molecule has 180 valence electrons. The lowest BCUT2D eigenvalue weighted by atomic mass is 9.98. The molecule has 4 rings (SSSR count). The molecule has 0 saturated heterocycles. The monoisotopic (exact) mass is 464 g/mol. The first-order valence-corrected chi connectivity index (χ1v) is 11.9. The molecular formula is C27H32N2O5. The summed E-state index contributed by atoms with van der Waals surface area (Å²) >= 11 is 0. The van der Waals surface area contributed by atoms with Crippen molar-refractivity contribution < 1.29 is 24.2 Å². The Labute approximate surface area is 200 Å². The van der Waals surface area contributed by atoms with Crippen LogP contribution in [0.3, 0.4) is 0 Å². The standard InChI is InChI=1S/C27H32N2O5/c1-17(2)29(15-26(31)32)25(30)13-19(18-11-12-18)14-28-27(33)34-16-24-22-9-5-3-7-20(22)21-8-4-6-10-23(21)24/h3-10,17-19,24H,11-16H2,1-2H3,(H,28,33)(H,31,32). The second-order valence-corrected chi connectivity index (χ2v) is 9.52. The molecule has 0 aromatic heterocycles. The van der Waals surface area contributed by atoms with E-state index in [-0.39, 0.29) is 43.4 Å². The fraction of sp³-hybridized carbons (Fsp3) is 0.444. The molecule has 0 aliphatic heterocycles. The molecule has 1 fully saturated rings. The summed E-state index contributed by atoms with van der Waals surface area (Å²) in [5.74, 6) is -0.875. The lowest BCUT2D eigenvalue weighted by Gasteiger charge is -2.27. The number of nitrogens with zero attached hydrogens (tertiary/aromatic N) is 1. The number of carbonyl (C=O) groups is 3. The van der Waals surface area contributed by atoms with Crippen molar-refractivity contribution in [2.45, 2.75) is 45.1 Å². The minimum absolute atomic E-state index is 0.00502. The Morgan fingerprint density at radius 1 is 1.03 bits per heavy atom. The Hall–Kier alpha value is -3.35. The van der Waals surface area contributed by atoms with Crippen molar-refractivity contribution >= 4 is 18.0 Å². The smallest absolute Gasteiger partial charge is 0.407 e. The molecule has 0 radical (unpaired) electrons. The van der Waals surface area contributed by atoms with Crippen molar-refractivity contribution in [3.63, 3.8) is 0 Å². The van der Waals surface area contributed by atoms with Gasteiger partial charge >= 0.3 is 12.1 Å². The number of aliphatic carboxylic acids is 1. The molecule has 7 heteroatoms. The number of ether oxygens (including phenoxy) is 1. The highest BCUT2D eigenvalue weighted by Gasteiger charge is 2.35. The maximum Gasteiger partial charge on any atom is 0.407 e. The van der Waals surface area contributed by atoms with E-state index < -0.39 is 12.1 Å². The van der Waals surface area contributed by atoms with Crippen LogP contribution in [0.2, 0.25) is 0 Å². The molecule has 1 atom stereocenters. The first-order valence-electron chi connectivity index (χ1n) is 11.9. The van der Waals surface area contributed by atoms with Gasteiger partial charge in [0.2, 0.25) is 5.91 Å². The lowest BCUT2D eigenvalue weighted by molar-refractivity contribution is -0.146. The van der Waals surface area contributed by atoms with Crippen molar-refractivity contribution in [3.05, 3.63) is 59.7 Å². The largest absolute Gasteiger partial charge is 0.480 e. The van der Waals surface area contributed by atoms with E-state index in [1.807, 2.05) is 38.1 Å². The van der Waals surface area contributed by atoms with Crippen LogP contribution < -0.4 is 5.32 Å². The number of hydrogen-bond donors (Lipinski definition) is 2. The maximum absolute atomic E-state index is 12.8. The topological polar surface area (TPSA) is 95.9 Å². The van der Waals surface area contributed by atoms with Crippen LogP contribution in [0.5, 0.6) is 0 Å². The van der Waals surface area contributed by atoms with Gasteiger partial charge in [0, 0.05) is 24.9 Å². The molecule has 2 aromatic carbocycles. The predicted octanol–water partition coefficient (Wildman–Crippen LogP) is 4.26. The SMILES string of the molecule is CC(C)N(CC(=O)O)C(=O)CC(CNC(=O)OCC1c2ccccc2-c2ccccc21)C1CC1. The zero-order valence-corrected chi connectivity index (χ0v) is 19.7. The number of alkyl carbamates (subject to hydrolysis) is 1. The number of carbonyl (C=O) groups excluding carboxylic acids is 2. The third kappa shape index (κ3) is 5.41. The number of nitrogens with one attached hydrogen (secondary N) is 1. The Morgan fingerprint density at radius 3 is 2.15 bits per heavy atom. The van der Waals surface area contributed by atoms with E-state index in [1.165, 1.54) is 16.0 Å². The number of carboxylic acid groups (broad SMARTS) is 1. The summed E-state index contributed by atoms with van der Waals surface area (Å²) in [4.78, 5) is 37.8. The molecule has 2 amide bonds. The highest BCUT2D eigenvalue weighted by Crippen LogP contribution is 2.44. The fourth-order valence-electron chi connectivity index (χ4n) is 4.88. The van der Waals surface area contributed by atoms with Gasteiger partial charge < -0.3 is 20.1 Å². The van der Waals surface area contributed by atoms with Crippen LogP contribution in [0.25, 0.3) is 11.1 Å². The van der Waals surface area contributed by atoms with Crippen LogP contribution in [0.1, 0.15) is 50.2 Å². The number of carboxylic acids is 1. The number of fused-ring (bicyclic) bond motifs is 3. The first kappa shape index (κ1) is 23.8. The van der Waals surface area contributed by atoms with Gasteiger partial charge in [-0.15, -0.1) is 0 Å². The van der Waals surface area contributed by atoms with Crippen LogP contribution in [-0.4, -0.2) is 53.7 Å². The summed E-state index contributed by atoms with van der Waals surface area (Å²) in [5, 5.41) is 12.0. The number of benzene rings is 2. The van der Waals surface area contributed by atoms with Crippen LogP contribution >= 0.6 is 0 Å². The molecule has 2 N–H and O–H groups in total. The van der Waals surface area contributed by atoms with Crippen LogP contribution in [-0.2, 0) is 14.3 Å². The number of hydrogen-bond acceptors (Lipinski definition) is 4. The molecule has 0 heterocycles. The highest BCUT2D eigenvalue weighted by atomic mass is 16.5. The quantitative estimate of drug-likeness (QED) is 0.548. The molecule has 1 unspecified atom stereocenters. The van der Waals surface area contributed by atoms with Gasteiger partial charge in [0.25, 0.3) is 0 Å². The van der Waals surface area contributed by atoms with Gasteiger partial charge in [-0.2, -0.15) is 0 Å². The number of rotatable bonds is 10. The summed E-state index contributed by atoms with van der Waals surface area (Å²) < 4.78 is 5.61. The van der Waals surface area contributed by atoms with Gasteiger partial charge in [0.05, 0.1) is 0 Å².